The standard InChI is InChI=1S/C12H12N4/c1-2-4-10-8(3-1)14-12-15-9-5-6-13-7-11(9)16(10)12/h1-4,13H,5-7H2,(H,14,15). The van der Waals surface area contributed by atoms with Crippen LogP contribution in [0.5, 0.6) is 0 Å². The van der Waals surface area contributed by atoms with Crippen molar-refractivity contribution in [2.75, 3.05) is 6.54 Å². The first-order valence-electron chi connectivity index (χ1n) is 5.61. The molecule has 0 bridgehead atoms. The van der Waals surface area contributed by atoms with Crippen molar-refractivity contribution in [2.24, 2.45) is 0 Å². The number of aromatic nitrogens is 3. The van der Waals surface area contributed by atoms with Crippen molar-refractivity contribution in [1.29, 1.82) is 0 Å². The van der Waals surface area contributed by atoms with E-state index in [2.05, 4.69) is 37.9 Å². The Morgan fingerprint density at radius 2 is 2.19 bits per heavy atom. The lowest BCUT2D eigenvalue weighted by Crippen LogP contribution is -2.24. The number of hydrogen-bond acceptors (Lipinski definition) is 2. The highest BCUT2D eigenvalue weighted by atomic mass is 15.2. The number of aromatic amines is 1. The Kier molecular flexibility index (Phi) is 1.49. The summed E-state index contributed by atoms with van der Waals surface area (Å²) in [6.07, 6.45) is 1.06. The van der Waals surface area contributed by atoms with Crippen molar-refractivity contribution in [2.45, 2.75) is 13.0 Å². The molecule has 0 fully saturated rings. The fourth-order valence-corrected chi connectivity index (χ4v) is 2.54. The van der Waals surface area contributed by atoms with E-state index >= 15 is 0 Å². The molecule has 0 spiro atoms. The zero-order chi connectivity index (χ0) is 10.5. The fourth-order valence-electron chi connectivity index (χ4n) is 2.54. The number of hydrogen-bond donors (Lipinski definition) is 2. The van der Waals surface area contributed by atoms with Gasteiger partial charge in [-0.15, -0.1) is 0 Å². The molecule has 1 aromatic carbocycles. The van der Waals surface area contributed by atoms with E-state index in [1.807, 2.05) is 6.07 Å². The molecule has 4 heteroatoms. The lowest BCUT2D eigenvalue weighted by atomic mass is 10.2. The van der Waals surface area contributed by atoms with Crippen LogP contribution in [-0.4, -0.2) is 20.9 Å². The smallest absolute Gasteiger partial charge is 0.212 e. The SMILES string of the molecule is c1ccc2c(c1)nc1[nH]c3c(n12)CNCC3. The molecule has 0 amide bonds. The van der Waals surface area contributed by atoms with Gasteiger partial charge < -0.3 is 10.3 Å². The van der Waals surface area contributed by atoms with Gasteiger partial charge in [0.25, 0.3) is 0 Å². The largest absolute Gasteiger partial charge is 0.327 e. The van der Waals surface area contributed by atoms with Gasteiger partial charge in [-0.05, 0) is 12.1 Å². The van der Waals surface area contributed by atoms with Crippen LogP contribution in [0, 0.1) is 0 Å². The van der Waals surface area contributed by atoms with Gasteiger partial charge in [0.15, 0.2) is 0 Å². The van der Waals surface area contributed by atoms with Crippen LogP contribution < -0.4 is 5.32 Å². The van der Waals surface area contributed by atoms with E-state index in [0.717, 1.165) is 30.8 Å². The highest BCUT2D eigenvalue weighted by Gasteiger charge is 2.17. The van der Waals surface area contributed by atoms with Crippen molar-refractivity contribution in [3.05, 3.63) is 35.7 Å². The van der Waals surface area contributed by atoms with Gasteiger partial charge in [0.1, 0.15) is 0 Å². The molecule has 16 heavy (non-hydrogen) atoms. The number of para-hydroxylation sites is 2. The predicted molar refractivity (Wildman–Crippen MR) is 62.5 cm³/mol. The molecule has 1 aliphatic rings. The van der Waals surface area contributed by atoms with Crippen molar-refractivity contribution in [3.8, 4) is 0 Å². The molecular formula is C12H12N4. The zero-order valence-corrected chi connectivity index (χ0v) is 8.83. The number of fused-ring (bicyclic) bond motifs is 5. The third-order valence-electron chi connectivity index (χ3n) is 3.29. The molecule has 3 heterocycles. The number of benzene rings is 1. The zero-order valence-electron chi connectivity index (χ0n) is 8.83. The van der Waals surface area contributed by atoms with Gasteiger partial charge in [-0.2, -0.15) is 0 Å². The maximum Gasteiger partial charge on any atom is 0.212 e. The summed E-state index contributed by atoms with van der Waals surface area (Å²) in [4.78, 5) is 8.02. The third-order valence-corrected chi connectivity index (χ3v) is 3.29. The minimum absolute atomic E-state index is 0.926. The maximum absolute atomic E-state index is 4.60. The second-order valence-corrected chi connectivity index (χ2v) is 4.24. The Morgan fingerprint density at radius 1 is 1.25 bits per heavy atom. The number of nitrogens with one attached hydrogen (secondary N) is 2. The molecule has 4 rings (SSSR count). The minimum atomic E-state index is 0.926. The van der Waals surface area contributed by atoms with Crippen LogP contribution >= 0.6 is 0 Å². The summed E-state index contributed by atoms with van der Waals surface area (Å²) in [6.45, 7) is 1.98. The molecule has 0 radical (unpaired) electrons. The lowest BCUT2D eigenvalue weighted by molar-refractivity contribution is 0.623. The highest BCUT2D eigenvalue weighted by molar-refractivity contribution is 5.80. The fraction of sp³-hybridized carbons (Fsp3) is 0.250. The Hall–Kier alpha value is -1.81. The second-order valence-electron chi connectivity index (χ2n) is 4.24. The first-order valence-corrected chi connectivity index (χ1v) is 5.61. The van der Waals surface area contributed by atoms with Crippen LogP contribution in [0.1, 0.15) is 11.4 Å². The van der Waals surface area contributed by atoms with Crippen molar-refractivity contribution in [3.63, 3.8) is 0 Å². The van der Waals surface area contributed by atoms with E-state index in [1.165, 1.54) is 16.9 Å². The van der Waals surface area contributed by atoms with Crippen molar-refractivity contribution >= 4 is 16.8 Å². The number of nitrogens with zero attached hydrogens (tertiary/aromatic N) is 2. The second kappa shape index (κ2) is 2.86. The van der Waals surface area contributed by atoms with E-state index in [9.17, 15) is 0 Å². The van der Waals surface area contributed by atoms with Crippen molar-refractivity contribution in [1.82, 2.24) is 19.7 Å². The summed E-state index contributed by atoms with van der Waals surface area (Å²) in [5, 5.41) is 3.41. The molecule has 3 aromatic rings. The molecule has 80 valence electrons. The van der Waals surface area contributed by atoms with Crippen LogP contribution in [0.4, 0.5) is 0 Å². The molecule has 0 atom stereocenters. The van der Waals surface area contributed by atoms with Crippen LogP contribution in [-0.2, 0) is 13.0 Å². The van der Waals surface area contributed by atoms with Crippen LogP contribution in [0.3, 0.4) is 0 Å². The monoisotopic (exact) mass is 212 g/mol. The van der Waals surface area contributed by atoms with E-state index in [-0.39, 0.29) is 0 Å². The summed E-state index contributed by atoms with van der Waals surface area (Å²) in [5.74, 6) is 0.968. The van der Waals surface area contributed by atoms with Gasteiger partial charge in [-0.1, -0.05) is 12.1 Å². The van der Waals surface area contributed by atoms with E-state index in [4.69, 9.17) is 0 Å². The van der Waals surface area contributed by atoms with Gasteiger partial charge in [0, 0.05) is 25.2 Å². The Morgan fingerprint density at radius 3 is 3.19 bits per heavy atom. The first kappa shape index (κ1) is 8.35. The van der Waals surface area contributed by atoms with Crippen LogP contribution in [0.25, 0.3) is 16.8 Å². The molecular weight excluding hydrogens is 200 g/mol. The Balaban J connectivity index is 2.18. The van der Waals surface area contributed by atoms with Gasteiger partial charge in [0.05, 0.1) is 16.7 Å². The Labute approximate surface area is 92.3 Å². The topological polar surface area (TPSA) is 45.1 Å². The number of rotatable bonds is 0. The molecule has 0 saturated heterocycles. The third kappa shape index (κ3) is 0.945. The molecule has 0 aliphatic carbocycles. The number of imidazole rings is 2. The average Bonchev–Trinajstić information content (AvgIpc) is 2.83. The highest BCUT2D eigenvalue weighted by Crippen LogP contribution is 2.22. The summed E-state index contributed by atoms with van der Waals surface area (Å²) in [5.41, 5.74) is 4.91. The molecule has 4 nitrogen and oxygen atoms in total. The normalized spacial score (nSPS) is 15.8. The molecule has 0 saturated carbocycles. The van der Waals surface area contributed by atoms with Gasteiger partial charge in [-0.25, -0.2) is 4.98 Å². The lowest BCUT2D eigenvalue weighted by Gasteiger charge is -2.12. The summed E-state index contributed by atoms with van der Waals surface area (Å²) >= 11 is 0. The number of H-pyrrole nitrogens is 1. The molecule has 1 aliphatic heterocycles. The first-order chi connectivity index (χ1) is 7.93. The van der Waals surface area contributed by atoms with Gasteiger partial charge >= 0.3 is 0 Å². The summed E-state index contributed by atoms with van der Waals surface area (Å²) in [6, 6.07) is 8.27. The molecule has 2 N–H and O–H groups in total. The average molecular weight is 212 g/mol. The molecule has 2 aromatic heterocycles. The van der Waals surface area contributed by atoms with Gasteiger partial charge in [-0.3, -0.25) is 4.40 Å². The van der Waals surface area contributed by atoms with Gasteiger partial charge in [0.2, 0.25) is 5.78 Å². The quantitative estimate of drug-likeness (QED) is 0.592. The maximum atomic E-state index is 4.60. The van der Waals surface area contributed by atoms with E-state index in [0.29, 0.717) is 0 Å². The van der Waals surface area contributed by atoms with Crippen molar-refractivity contribution < 1.29 is 0 Å². The Bertz CT molecular complexity index is 677. The van der Waals surface area contributed by atoms with E-state index in [1.54, 1.807) is 0 Å². The van der Waals surface area contributed by atoms with Crippen LogP contribution in [0.15, 0.2) is 24.3 Å². The summed E-state index contributed by atoms with van der Waals surface area (Å²) in [7, 11) is 0. The molecule has 0 unspecified atom stereocenters. The summed E-state index contributed by atoms with van der Waals surface area (Å²) < 4.78 is 2.23. The predicted octanol–water partition coefficient (Wildman–Crippen LogP) is 1.46. The van der Waals surface area contributed by atoms with Crippen LogP contribution in [0.2, 0.25) is 0 Å². The van der Waals surface area contributed by atoms with E-state index < -0.39 is 0 Å². The minimum Gasteiger partial charge on any atom is -0.327 e.